The number of likely N-dealkylation sites (tertiary alicyclic amines) is 1. The van der Waals surface area contributed by atoms with Crippen molar-refractivity contribution in [2.24, 2.45) is 0 Å². The molecule has 1 spiro atoms. The van der Waals surface area contributed by atoms with Crippen molar-refractivity contribution in [3.8, 4) is 5.75 Å². The van der Waals surface area contributed by atoms with Crippen LogP contribution in [0.4, 0.5) is 0 Å². The van der Waals surface area contributed by atoms with Gasteiger partial charge in [-0.05, 0) is 55.7 Å². The predicted molar refractivity (Wildman–Crippen MR) is 174 cm³/mol. The molecule has 5 rings (SSSR count). The number of furan rings is 1. The number of carboxylic acid groups (broad SMARTS) is 1. The maximum absolute atomic E-state index is 13.0. The number of phenols is 1. The number of aliphatic carboxylic acids is 1. The van der Waals surface area contributed by atoms with Crippen LogP contribution in [0.5, 0.6) is 5.75 Å². The minimum absolute atomic E-state index is 0.0464. The number of aromatic hydroxyl groups is 1. The minimum Gasteiger partial charge on any atom is -0.507 e. The molecule has 0 aliphatic carbocycles. The van der Waals surface area contributed by atoms with Crippen LogP contribution in [-0.4, -0.2) is 147 Å². The third-order valence-electron chi connectivity index (χ3n) is 10.1. The third-order valence-corrected chi connectivity index (χ3v) is 10.1. The third kappa shape index (κ3) is 7.65. The zero-order chi connectivity index (χ0) is 36.4. The molecule has 274 valence electrons. The van der Waals surface area contributed by atoms with E-state index in [1.54, 1.807) is 30.9 Å². The fraction of sp³-hybridized carbons (Fsp3) is 0.588. The minimum atomic E-state index is -2.04. The number of benzene rings is 1. The van der Waals surface area contributed by atoms with Crippen molar-refractivity contribution < 1.29 is 58.6 Å². The number of amides is 3. The van der Waals surface area contributed by atoms with Gasteiger partial charge in [-0.15, -0.1) is 0 Å². The average molecular weight is 703 g/mol. The summed E-state index contributed by atoms with van der Waals surface area (Å²) in [6, 6.07) is 4.87. The van der Waals surface area contributed by atoms with Crippen molar-refractivity contribution in [3.05, 3.63) is 53.0 Å². The molecule has 1 aromatic carbocycles. The van der Waals surface area contributed by atoms with Gasteiger partial charge in [0, 0.05) is 58.1 Å². The Kier molecular flexibility index (Phi) is 11.2. The zero-order valence-corrected chi connectivity index (χ0v) is 28.3. The SMILES string of the molecule is CC(=O)N[C@H]1[C@H]([C@H](O)[C@H](O)CNC(=O)c2cc(C)c(O)c(C)c2)O[C@@](CCN2CCOC[C@@]23CCN(C(=O)c2ccco2)C3)(C(=O)O)C[C@@H]1O. The molecule has 0 bridgehead atoms. The lowest BCUT2D eigenvalue weighted by Crippen LogP contribution is -2.68. The van der Waals surface area contributed by atoms with E-state index in [-0.39, 0.29) is 35.9 Å². The topological polar surface area (TPSA) is 232 Å². The molecule has 3 aliphatic rings. The maximum atomic E-state index is 13.0. The first-order chi connectivity index (χ1) is 23.7. The second-order valence-electron chi connectivity index (χ2n) is 13.6. The fourth-order valence-corrected chi connectivity index (χ4v) is 7.28. The van der Waals surface area contributed by atoms with Gasteiger partial charge < -0.3 is 55.0 Å². The van der Waals surface area contributed by atoms with Crippen molar-refractivity contribution >= 4 is 23.7 Å². The van der Waals surface area contributed by atoms with Gasteiger partial charge in [-0.3, -0.25) is 19.3 Å². The van der Waals surface area contributed by atoms with Gasteiger partial charge in [0.2, 0.25) is 5.91 Å². The number of aliphatic hydroxyl groups is 3. The molecule has 4 heterocycles. The Hall–Kier alpha value is -4.06. The number of aliphatic hydroxyl groups excluding tert-OH is 3. The molecule has 3 saturated heterocycles. The second kappa shape index (κ2) is 15.0. The normalized spacial score (nSPS) is 28.3. The molecule has 0 radical (unpaired) electrons. The van der Waals surface area contributed by atoms with Crippen LogP contribution in [0.15, 0.2) is 34.9 Å². The van der Waals surface area contributed by atoms with E-state index < -0.39 is 72.3 Å². The number of ether oxygens (including phenoxy) is 2. The van der Waals surface area contributed by atoms with Crippen molar-refractivity contribution in [1.82, 2.24) is 20.4 Å². The highest BCUT2D eigenvalue weighted by molar-refractivity contribution is 5.95. The molecule has 3 fully saturated rings. The summed E-state index contributed by atoms with van der Waals surface area (Å²) in [5.41, 5.74) is -1.49. The second-order valence-corrected chi connectivity index (χ2v) is 13.6. The molecule has 16 nitrogen and oxygen atoms in total. The number of phenolic OH excluding ortho intramolecular Hbond substituents is 1. The van der Waals surface area contributed by atoms with Crippen LogP contribution in [0, 0.1) is 13.8 Å². The van der Waals surface area contributed by atoms with Gasteiger partial charge in [0.15, 0.2) is 11.4 Å². The van der Waals surface area contributed by atoms with Crippen LogP contribution >= 0.6 is 0 Å². The molecule has 3 amide bonds. The smallest absolute Gasteiger partial charge is 0.336 e. The molecule has 7 N–H and O–H groups in total. The lowest BCUT2D eigenvalue weighted by Gasteiger charge is -2.49. The number of aryl methyl sites for hydroxylation is 2. The highest BCUT2D eigenvalue weighted by Crippen LogP contribution is 2.38. The van der Waals surface area contributed by atoms with Gasteiger partial charge in [-0.2, -0.15) is 0 Å². The summed E-state index contributed by atoms with van der Waals surface area (Å²) in [6.45, 7) is 6.03. The number of hydrogen-bond acceptors (Lipinski definition) is 12. The van der Waals surface area contributed by atoms with Gasteiger partial charge in [-0.25, -0.2) is 4.79 Å². The predicted octanol–water partition coefficient (Wildman–Crippen LogP) is -0.461. The fourth-order valence-electron chi connectivity index (χ4n) is 7.28. The standard InChI is InChI=1S/C34H46N4O12/c1-19-13-22(14-20(2)27(19)42)30(44)35-16-24(41)28(43)29-26(36-21(3)39)23(40)15-34(50-29,32(46)47)7-9-38-10-12-48-18-33(38)6-8-37(17-33)31(45)25-5-4-11-49-25/h4-5,11,13-14,23-24,26,28-29,40-43H,6-10,12,15-18H2,1-3H3,(H,35,44)(H,36,39)(H,46,47)/t23-,24+,26+,28+,29+,33-,34+/m0/s1. The van der Waals surface area contributed by atoms with Crippen LogP contribution < -0.4 is 10.6 Å². The molecule has 1 aromatic heterocycles. The van der Waals surface area contributed by atoms with E-state index in [2.05, 4.69) is 15.5 Å². The number of nitrogens with one attached hydrogen (secondary N) is 2. The largest absolute Gasteiger partial charge is 0.507 e. The molecule has 2 aromatic rings. The number of rotatable bonds is 11. The van der Waals surface area contributed by atoms with Crippen molar-refractivity contribution in [2.45, 2.75) is 81.6 Å². The number of carbonyl (C=O) groups is 4. The Bertz CT molecular complexity index is 1550. The van der Waals surface area contributed by atoms with Crippen molar-refractivity contribution in [3.63, 3.8) is 0 Å². The molecule has 0 unspecified atom stereocenters. The monoisotopic (exact) mass is 702 g/mol. The number of carboxylic acids is 1. The van der Waals surface area contributed by atoms with E-state index in [0.29, 0.717) is 50.4 Å². The first-order valence-electron chi connectivity index (χ1n) is 16.6. The maximum Gasteiger partial charge on any atom is 0.336 e. The van der Waals surface area contributed by atoms with Gasteiger partial charge in [0.1, 0.15) is 18.0 Å². The van der Waals surface area contributed by atoms with E-state index in [9.17, 15) is 44.7 Å². The van der Waals surface area contributed by atoms with Crippen molar-refractivity contribution in [1.29, 1.82) is 0 Å². The molecule has 7 atom stereocenters. The average Bonchev–Trinajstić information content (AvgIpc) is 3.77. The van der Waals surface area contributed by atoms with E-state index >= 15 is 0 Å². The lowest BCUT2D eigenvalue weighted by atomic mass is 9.81. The lowest BCUT2D eigenvalue weighted by molar-refractivity contribution is -0.231. The number of hydrogen-bond donors (Lipinski definition) is 7. The Morgan fingerprint density at radius 1 is 1.12 bits per heavy atom. The van der Waals surface area contributed by atoms with Crippen LogP contribution in [0.25, 0.3) is 0 Å². The van der Waals surface area contributed by atoms with Gasteiger partial charge in [0.25, 0.3) is 11.8 Å². The summed E-state index contributed by atoms with van der Waals surface area (Å²) in [5.74, 6) is -2.58. The quantitative estimate of drug-likeness (QED) is 0.157. The Morgan fingerprint density at radius 2 is 1.84 bits per heavy atom. The first-order valence-corrected chi connectivity index (χ1v) is 16.6. The van der Waals surface area contributed by atoms with Crippen LogP contribution in [0.1, 0.15) is 58.2 Å². The van der Waals surface area contributed by atoms with E-state index in [0.717, 1.165) is 0 Å². The number of carbonyl (C=O) groups excluding carboxylic acids is 3. The summed E-state index contributed by atoms with van der Waals surface area (Å²) in [5, 5.41) is 59.2. The zero-order valence-electron chi connectivity index (χ0n) is 28.3. The Labute approximate surface area is 288 Å². The summed E-state index contributed by atoms with van der Waals surface area (Å²) >= 11 is 0. The summed E-state index contributed by atoms with van der Waals surface area (Å²) in [7, 11) is 0. The molecular formula is C34H46N4O12. The van der Waals surface area contributed by atoms with Crippen LogP contribution in [-0.2, 0) is 19.1 Å². The first kappa shape index (κ1) is 37.2. The summed E-state index contributed by atoms with van der Waals surface area (Å²) < 4.78 is 17.2. The van der Waals surface area contributed by atoms with Gasteiger partial charge >= 0.3 is 5.97 Å². The molecule has 50 heavy (non-hydrogen) atoms. The van der Waals surface area contributed by atoms with Crippen LogP contribution in [0.3, 0.4) is 0 Å². The number of morpholine rings is 1. The Balaban J connectivity index is 1.31. The number of nitrogens with zero attached hydrogens (tertiary/aromatic N) is 2. The molecule has 3 aliphatic heterocycles. The summed E-state index contributed by atoms with van der Waals surface area (Å²) in [4.78, 5) is 54.7. The van der Waals surface area contributed by atoms with Crippen molar-refractivity contribution in [2.75, 3.05) is 45.9 Å². The van der Waals surface area contributed by atoms with E-state index in [4.69, 9.17) is 13.9 Å². The summed E-state index contributed by atoms with van der Waals surface area (Å²) in [6.07, 6.45) is -5.21. The molecular weight excluding hydrogens is 656 g/mol. The van der Waals surface area contributed by atoms with E-state index in [1.165, 1.54) is 25.3 Å². The van der Waals surface area contributed by atoms with Gasteiger partial charge in [0.05, 0.1) is 43.3 Å². The van der Waals surface area contributed by atoms with Gasteiger partial charge in [-0.1, -0.05) is 0 Å². The molecule has 0 saturated carbocycles. The highest BCUT2D eigenvalue weighted by atomic mass is 16.6. The van der Waals surface area contributed by atoms with Crippen LogP contribution in [0.2, 0.25) is 0 Å². The van der Waals surface area contributed by atoms with E-state index in [1.807, 2.05) is 0 Å². The highest BCUT2D eigenvalue weighted by Gasteiger charge is 2.55. The molecule has 16 heteroatoms. The Morgan fingerprint density at radius 3 is 2.48 bits per heavy atom.